The van der Waals surface area contributed by atoms with E-state index in [0.717, 1.165) is 23.1 Å². The molecular formula is C18H18BrNO4S. The Morgan fingerprint density at radius 1 is 1.44 bits per heavy atom. The molecule has 2 rings (SSSR count). The molecule has 1 aromatic carbocycles. The van der Waals surface area contributed by atoms with Crippen molar-refractivity contribution >= 4 is 44.9 Å². The number of halogens is 1. The maximum atomic E-state index is 12.3. The normalized spacial score (nSPS) is 16.9. The SMILES string of the molecule is C#CCN1C(=O)S/C(=C/c2cc(Br)c(O[C@@H](C)CC)c(OC)c2)C1=O. The van der Waals surface area contributed by atoms with Crippen LogP contribution in [0.2, 0.25) is 0 Å². The van der Waals surface area contributed by atoms with Crippen LogP contribution in [0.3, 0.4) is 0 Å². The first-order chi connectivity index (χ1) is 11.9. The van der Waals surface area contributed by atoms with Crippen LogP contribution >= 0.6 is 27.7 Å². The van der Waals surface area contributed by atoms with Crippen LogP contribution in [-0.2, 0) is 4.79 Å². The van der Waals surface area contributed by atoms with Crippen LogP contribution in [0.1, 0.15) is 25.8 Å². The molecule has 1 aromatic rings. The van der Waals surface area contributed by atoms with E-state index in [1.54, 1.807) is 19.3 Å². The number of carbonyl (C=O) groups is 2. The van der Waals surface area contributed by atoms with Crippen LogP contribution < -0.4 is 9.47 Å². The number of amides is 2. The maximum absolute atomic E-state index is 12.3. The Morgan fingerprint density at radius 2 is 2.16 bits per heavy atom. The first kappa shape index (κ1) is 19.4. The molecule has 0 aliphatic carbocycles. The number of methoxy groups -OCH3 is 1. The lowest BCUT2D eigenvalue weighted by atomic mass is 10.1. The van der Waals surface area contributed by atoms with Crippen LogP contribution in [0.5, 0.6) is 11.5 Å². The molecule has 2 amide bonds. The van der Waals surface area contributed by atoms with Gasteiger partial charge in [-0.25, -0.2) is 0 Å². The van der Waals surface area contributed by atoms with Crippen molar-refractivity contribution in [2.45, 2.75) is 26.4 Å². The van der Waals surface area contributed by atoms with E-state index in [2.05, 4.69) is 21.9 Å². The summed E-state index contributed by atoms with van der Waals surface area (Å²) in [6.07, 6.45) is 7.73. The summed E-state index contributed by atoms with van der Waals surface area (Å²) in [4.78, 5) is 25.5. The molecule has 25 heavy (non-hydrogen) atoms. The van der Waals surface area contributed by atoms with E-state index < -0.39 is 0 Å². The summed E-state index contributed by atoms with van der Waals surface area (Å²) in [7, 11) is 1.55. The lowest BCUT2D eigenvalue weighted by Gasteiger charge is -2.17. The molecule has 0 bridgehead atoms. The zero-order valence-electron chi connectivity index (χ0n) is 14.2. The highest BCUT2D eigenvalue weighted by molar-refractivity contribution is 9.10. The number of ether oxygens (including phenoxy) is 2. The number of thioether (sulfide) groups is 1. The number of terminal acetylenes is 1. The number of hydrogen-bond acceptors (Lipinski definition) is 5. The third-order valence-corrected chi connectivity index (χ3v) is 5.06. The average Bonchev–Trinajstić information content (AvgIpc) is 2.84. The van der Waals surface area contributed by atoms with Crippen LogP contribution in [-0.4, -0.2) is 35.8 Å². The second-order valence-corrected chi connectivity index (χ2v) is 7.19. The second kappa shape index (κ2) is 8.45. The quantitative estimate of drug-likeness (QED) is 0.504. The van der Waals surface area contributed by atoms with Crippen LogP contribution in [0.15, 0.2) is 21.5 Å². The highest BCUT2D eigenvalue weighted by Gasteiger charge is 2.34. The highest BCUT2D eigenvalue weighted by atomic mass is 79.9. The van der Waals surface area contributed by atoms with Crippen molar-refractivity contribution in [1.82, 2.24) is 4.90 Å². The largest absolute Gasteiger partial charge is 0.493 e. The van der Waals surface area contributed by atoms with Crippen LogP contribution in [0, 0.1) is 12.3 Å². The topological polar surface area (TPSA) is 55.8 Å². The van der Waals surface area contributed by atoms with Crippen molar-refractivity contribution in [1.29, 1.82) is 0 Å². The molecule has 132 valence electrons. The number of benzene rings is 1. The molecular weight excluding hydrogens is 406 g/mol. The number of rotatable bonds is 6. The van der Waals surface area contributed by atoms with E-state index in [1.165, 1.54) is 0 Å². The molecule has 0 unspecified atom stereocenters. The third kappa shape index (κ3) is 4.39. The molecule has 0 aromatic heterocycles. The summed E-state index contributed by atoms with van der Waals surface area (Å²) in [5.74, 6) is 3.08. The minimum atomic E-state index is -0.386. The van der Waals surface area contributed by atoms with Crippen molar-refractivity contribution in [3.63, 3.8) is 0 Å². The predicted molar refractivity (Wildman–Crippen MR) is 103 cm³/mol. The van der Waals surface area contributed by atoms with Gasteiger partial charge in [-0.3, -0.25) is 14.5 Å². The average molecular weight is 424 g/mol. The Morgan fingerprint density at radius 3 is 2.76 bits per heavy atom. The van der Waals surface area contributed by atoms with Gasteiger partial charge in [0.05, 0.1) is 29.1 Å². The van der Waals surface area contributed by atoms with Crippen molar-refractivity contribution in [2.24, 2.45) is 0 Å². The van der Waals surface area contributed by atoms with E-state index in [-0.39, 0.29) is 23.8 Å². The number of nitrogens with zero attached hydrogens (tertiary/aromatic N) is 1. The Labute approximate surface area is 159 Å². The lowest BCUT2D eigenvalue weighted by Crippen LogP contribution is -2.28. The van der Waals surface area contributed by atoms with E-state index in [9.17, 15) is 9.59 Å². The van der Waals surface area contributed by atoms with E-state index in [4.69, 9.17) is 15.9 Å². The fourth-order valence-electron chi connectivity index (χ4n) is 2.10. The summed E-state index contributed by atoms with van der Waals surface area (Å²) >= 11 is 4.35. The number of carbonyl (C=O) groups excluding carboxylic acids is 2. The Hall–Kier alpha value is -1.91. The van der Waals surface area contributed by atoms with Gasteiger partial charge in [-0.05, 0) is 64.8 Å². The van der Waals surface area contributed by atoms with E-state index in [1.807, 2.05) is 19.9 Å². The molecule has 0 spiro atoms. The summed E-state index contributed by atoms with van der Waals surface area (Å²) in [5, 5.41) is -0.364. The van der Waals surface area contributed by atoms with Crippen molar-refractivity contribution in [3.05, 3.63) is 27.1 Å². The fourth-order valence-corrected chi connectivity index (χ4v) is 3.49. The zero-order chi connectivity index (χ0) is 18.6. The molecule has 0 N–H and O–H groups in total. The predicted octanol–water partition coefficient (Wildman–Crippen LogP) is 4.30. The molecule has 0 radical (unpaired) electrons. The Kier molecular flexibility index (Phi) is 6.57. The smallest absolute Gasteiger partial charge is 0.294 e. The Balaban J connectivity index is 2.35. The van der Waals surface area contributed by atoms with Gasteiger partial charge < -0.3 is 9.47 Å². The molecule has 0 saturated carbocycles. The molecule has 7 heteroatoms. The summed E-state index contributed by atoms with van der Waals surface area (Å²) < 4.78 is 12.0. The van der Waals surface area contributed by atoms with Gasteiger partial charge in [0.2, 0.25) is 0 Å². The monoisotopic (exact) mass is 423 g/mol. The van der Waals surface area contributed by atoms with Gasteiger partial charge >= 0.3 is 0 Å². The Bertz CT molecular complexity index is 769. The minimum absolute atomic E-state index is 0.0310. The van der Waals surface area contributed by atoms with Gasteiger partial charge in [0, 0.05) is 0 Å². The molecule has 1 fully saturated rings. The third-order valence-electron chi connectivity index (χ3n) is 3.57. The second-order valence-electron chi connectivity index (χ2n) is 5.34. The first-order valence-electron chi connectivity index (χ1n) is 7.64. The number of imide groups is 1. The minimum Gasteiger partial charge on any atom is -0.493 e. The first-order valence-corrected chi connectivity index (χ1v) is 9.25. The van der Waals surface area contributed by atoms with Crippen molar-refractivity contribution in [3.8, 4) is 23.8 Å². The van der Waals surface area contributed by atoms with Gasteiger partial charge in [-0.1, -0.05) is 12.8 Å². The molecule has 1 aliphatic heterocycles. The van der Waals surface area contributed by atoms with Gasteiger partial charge in [-0.2, -0.15) is 0 Å². The summed E-state index contributed by atoms with van der Waals surface area (Å²) in [5.41, 5.74) is 0.714. The van der Waals surface area contributed by atoms with Crippen molar-refractivity contribution in [2.75, 3.05) is 13.7 Å². The molecule has 1 aliphatic rings. The molecule has 5 nitrogen and oxygen atoms in total. The maximum Gasteiger partial charge on any atom is 0.294 e. The highest BCUT2D eigenvalue weighted by Crippen LogP contribution is 2.39. The molecule has 1 saturated heterocycles. The van der Waals surface area contributed by atoms with E-state index in [0.29, 0.717) is 26.4 Å². The van der Waals surface area contributed by atoms with Gasteiger partial charge in [0.15, 0.2) is 11.5 Å². The van der Waals surface area contributed by atoms with Crippen LogP contribution in [0.4, 0.5) is 4.79 Å². The van der Waals surface area contributed by atoms with Crippen molar-refractivity contribution < 1.29 is 19.1 Å². The summed E-state index contributed by atoms with van der Waals surface area (Å²) in [6, 6.07) is 3.58. The van der Waals surface area contributed by atoms with Gasteiger partial charge in [0.25, 0.3) is 11.1 Å². The number of hydrogen-bond donors (Lipinski definition) is 0. The van der Waals surface area contributed by atoms with Gasteiger partial charge in [0.1, 0.15) is 0 Å². The van der Waals surface area contributed by atoms with Gasteiger partial charge in [-0.15, -0.1) is 6.42 Å². The standard InChI is InChI=1S/C18H18BrNO4S/c1-5-7-20-17(21)15(25-18(20)22)10-12-8-13(19)16(14(9-12)23-4)24-11(3)6-2/h1,8-11H,6-7H2,2-4H3/b15-10+/t11-/m0/s1. The fraction of sp³-hybridized carbons (Fsp3) is 0.333. The summed E-state index contributed by atoms with van der Waals surface area (Å²) in [6.45, 7) is 3.98. The molecule has 1 atom stereocenters. The van der Waals surface area contributed by atoms with Crippen LogP contribution in [0.25, 0.3) is 6.08 Å². The van der Waals surface area contributed by atoms with E-state index >= 15 is 0 Å². The lowest BCUT2D eigenvalue weighted by molar-refractivity contribution is -0.122. The zero-order valence-corrected chi connectivity index (χ0v) is 16.6. The molecule has 1 heterocycles.